The number of hydrogen-bond donors (Lipinski definition) is 3. The number of aromatic amines is 1. The Morgan fingerprint density at radius 2 is 2.17 bits per heavy atom. The molecule has 1 atom stereocenters. The molecule has 0 radical (unpaired) electrons. The average molecular weight is 431 g/mol. The maximum absolute atomic E-state index is 13.5. The quantitative estimate of drug-likeness (QED) is 0.237. The summed E-state index contributed by atoms with van der Waals surface area (Å²) in [6.07, 6.45) is 3.73. The number of halogens is 2. The Morgan fingerprint density at radius 3 is 2.87 bits per heavy atom. The van der Waals surface area contributed by atoms with Gasteiger partial charge in [-0.15, -0.1) is 0 Å². The van der Waals surface area contributed by atoms with Crippen LogP contribution in [0.2, 0.25) is 5.02 Å². The minimum absolute atomic E-state index is 0.0236. The molecule has 0 aliphatic carbocycles. The van der Waals surface area contributed by atoms with Crippen LogP contribution in [-0.2, 0) is 0 Å². The summed E-state index contributed by atoms with van der Waals surface area (Å²) in [6.45, 7) is 7.62. The number of nitrogens with one attached hydrogen (secondary N) is 2. The van der Waals surface area contributed by atoms with Crippen molar-refractivity contribution in [1.82, 2.24) is 19.9 Å². The molecule has 3 N–H and O–H groups in total. The summed E-state index contributed by atoms with van der Waals surface area (Å²) in [7, 11) is 0. The van der Waals surface area contributed by atoms with E-state index in [2.05, 4.69) is 46.1 Å². The zero-order chi connectivity index (χ0) is 21.5. The van der Waals surface area contributed by atoms with Crippen molar-refractivity contribution in [2.75, 3.05) is 11.9 Å². The molecule has 158 valence electrons. The number of hydrogen-bond acceptors (Lipinski definition) is 5. The molecular weight excluding hydrogens is 407 g/mol. The van der Waals surface area contributed by atoms with Gasteiger partial charge in [-0.2, -0.15) is 0 Å². The van der Waals surface area contributed by atoms with Gasteiger partial charge in [-0.25, -0.2) is 14.4 Å². The molecule has 0 spiro atoms. The predicted octanol–water partition coefficient (Wildman–Crippen LogP) is 4.93. The molecule has 1 unspecified atom stereocenters. The van der Waals surface area contributed by atoms with Crippen molar-refractivity contribution in [1.29, 1.82) is 0 Å². The molecule has 2 aromatic heterocycles. The van der Waals surface area contributed by atoms with E-state index in [1.807, 2.05) is 0 Å². The van der Waals surface area contributed by atoms with Crippen molar-refractivity contribution in [3.05, 3.63) is 52.7 Å². The first-order valence-corrected chi connectivity index (χ1v) is 10.2. The lowest BCUT2D eigenvalue weighted by Crippen LogP contribution is -2.40. The number of pyridine rings is 1. The van der Waals surface area contributed by atoms with Gasteiger partial charge < -0.3 is 15.5 Å². The van der Waals surface area contributed by atoms with Gasteiger partial charge in [0.05, 0.1) is 16.6 Å². The van der Waals surface area contributed by atoms with E-state index in [1.54, 1.807) is 12.3 Å². The third-order valence-corrected chi connectivity index (χ3v) is 5.67. The molecule has 1 aliphatic rings. The second kappa shape index (κ2) is 7.85. The molecule has 1 saturated heterocycles. The summed E-state index contributed by atoms with van der Waals surface area (Å²) in [6, 6.07) is 6.09. The second-order valence-electron chi connectivity index (χ2n) is 8.40. The van der Waals surface area contributed by atoms with Crippen molar-refractivity contribution >= 4 is 34.3 Å². The first kappa shape index (κ1) is 20.6. The molecule has 3 aromatic rings. The summed E-state index contributed by atoms with van der Waals surface area (Å²) in [4.78, 5) is 14.9. The highest BCUT2D eigenvalue weighted by molar-refractivity contribution is 6.31. The van der Waals surface area contributed by atoms with Crippen LogP contribution in [-0.4, -0.2) is 43.0 Å². The minimum atomic E-state index is -0.519. The Hall–Kier alpha value is -2.71. The third-order valence-electron chi connectivity index (χ3n) is 5.38. The minimum Gasteiger partial charge on any atom is -0.409 e. The van der Waals surface area contributed by atoms with Crippen LogP contribution in [0.4, 0.5) is 10.1 Å². The highest BCUT2D eigenvalue weighted by Gasteiger charge is 2.35. The van der Waals surface area contributed by atoms with E-state index in [4.69, 9.17) is 16.6 Å². The fourth-order valence-corrected chi connectivity index (χ4v) is 4.18. The van der Waals surface area contributed by atoms with Crippen molar-refractivity contribution in [3.8, 4) is 0 Å². The lowest BCUT2D eigenvalue weighted by Gasteiger charge is -2.36. The third kappa shape index (κ3) is 3.85. The molecule has 7 nitrogen and oxygen atoms in total. The van der Waals surface area contributed by atoms with Crippen LogP contribution in [0.5, 0.6) is 0 Å². The van der Waals surface area contributed by atoms with E-state index >= 15 is 0 Å². The van der Waals surface area contributed by atoms with Crippen molar-refractivity contribution in [3.63, 3.8) is 0 Å². The number of fused-ring (bicyclic) bond motifs is 1. The number of rotatable bonds is 3. The van der Waals surface area contributed by atoms with Crippen LogP contribution in [0.3, 0.4) is 0 Å². The number of likely N-dealkylation sites (tertiary alicyclic amines) is 1. The van der Waals surface area contributed by atoms with Gasteiger partial charge in [0.15, 0.2) is 11.5 Å². The van der Waals surface area contributed by atoms with Gasteiger partial charge in [0.25, 0.3) is 0 Å². The number of amidine groups is 1. The maximum Gasteiger partial charge on any atom is 0.179 e. The number of nitrogens with zero attached hydrogens (tertiary/aromatic N) is 4. The Bertz CT molecular complexity index is 1110. The fourth-order valence-electron chi connectivity index (χ4n) is 3.99. The van der Waals surface area contributed by atoms with Crippen LogP contribution in [0, 0.1) is 5.82 Å². The van der Waals surface area contributed by atoms with E-state index in [0.29, 0.717) is 22.4 Å². The van der Waals surface area contributed by atoms with Gasteiger partial charge in [-0.3, -0.25) is 4.90 Å². The smallest absolute Gasteiger partial charge is 0.179 e. The number of H-pyrrole nitrogens is 1. The molecule has 0 amide bonds. The molecule has 30 heavy (non-hydrogen) atoms. The predicted molar refractivity (Wildman–Crippen MR) is 116 cm³/mol. The topological polar surface area (TPSA) is 89.4 Å². The molecule has 1 fully saturated rings. The highest BCUT2D eigenvalue weighted by Crippen LogP contribution is 2.36. The number of anilines is 1. The molecule has 9 heteroatoms. The van der Waals surface area contributed by atoms with Gasteiger partial charge >= 0.3 is 0 Å². The first-order valence-electron chi connectivity index (χ1n) is 9.84. The largest absolute Gasteiger partial charge is 0.409 e. The van der Waals surface area contributed by atoms with E-state index in [0.717, 1.165) is 25.2 Å². The van der Waals surface area contributed by atoms with Crippen molar-refractivity contribution in [2.45, 2.75) is 45.2 Å². The fraction of sp³-hybridized carbons (Fsp3) is 0.381. The van der Waals surface area contributed by atoms with E-state index in [1.165, 1.54) is 18.2 Å². The van der Waals surface area contributed by atoms with Crippen LogP contribution >= 0.6 is 11.6 Å². The maximum atomic E-state index is 13.5. The number of benzene rings is 1. The molecule has 4 rings (SSSR count). The Morgan fingerprint density at radius 1 is 1.37 bits per heavy atom. The summed E-state index contributed by atoms with van der Waals surface area (Å²) < 4.78 is 13.5. The standard InChI is InChI=1S/C21H24ClFN6O/c1-21(2,3)29-10-4-5-16(29)19-26-17-13(8-9-24-20(17)27-19)18(28-30)25-12-6-7-15(23)14(22)11-12/h6-9,11,16,30H,4-5,10H2,1-3H3,(H,25,28)(H,24,26,27). The summed E-state index contributed by atoms with van der Waals surface area (Å²) >= 11 is 5.86. The van der Waals surface area contributed by atoms with Crippen LogP contribution in [0.1, 0.15) is 51.0 Å². The number of aromatic nitrogens is 3. The second-order valence-corrected chi connectivity index (χ2v) is 8.81. The normalized spacial score (nSPS) is 18.3. The average Bonchev–Trinajstić information content (AvgIpc) is 3.35. The molecule has 1 aliphatic heterocycles. The van der Waals surface area contributed by atoms with Crippen molar-refractivity contribution in [2.24, 2.45) is 5.16 Å². The lowest BCUT2D eigenvalue weighted by molar-refractivity contribution is 0.117. The molecule has 3 heterocycles. The zero-order valence-corrected chi connectivity index (χ0v) is 17.8. The lowest BCUT2D eigenvalue weighted by atomic mass is 10.0. The van der Waals surface area contributed by atoms with Crippen LogP contribution in [0.25, 0.3) is 11.2 Å². The Balaban J connectivity index is 1.70. The monoisotopic (exact) mass is 430 g/mol. The molecule has 0 bridgehead atoms. The summed E-state index contributed by atoms with van der Waals surface area (Å²) in [5, 5.41) is 16.0. The highest BCUT2D eigenvalue weighted by atomic mass is 35.5. The van der Waals surface area contributed by atoms with Gasteiger partial charge in [0, 0.05) is 23.0 Å². The molecule has 1 aromatic carbocycles. The Kier molecular flexibility index (Phi) is 5.38. The van der Waals surface area contributed by atoms with Gasteiger partial charge in [0.1, 0.15) is 11.6 Å². The SMILES string of the molecule is CC(C)(C)N1CCCC1c1nc2nccc(C(=NO)Nc3ccc(F)c(Cl)c3)c2[nH]1. The summed E-state index contributed by atoms with van der Waals surface area (Å²) in [5.74, 6) is 0.507. The first-order chi connectivity index (χ1) is 14.3. The van der Waals surface area contributed by atoms with Gasteiger partial charge in [-0.1, -0.05) is 16.8 Å². The van der Waals surface area contributed by atoms with E-state index in [-0.39, 0.29) is 22.4 Å². The molecule has 0 saturated carbocycles. The van der Waals surface area contributed by atoms with Gasteiger partial charge in [-0.05, 0) is 64.4 Å². The number of imidazole rings is 1. The van der Waals surface area contributed by atoms with E-state index < -0.39 is 5.82 Å². The number of oxime groups is 1. The summed E-state index contributed by atoms with van der Waals surface area (Å²) in [5.41, 5.74) is 2.33. The van der Waals surface area contributed by atoms with Crippen LogP contribution in [0.15, 0.2) is 35.6 Å². The van der Waals surface area contributed by atoms with Gasteiger partial charge in [0.2, 0.25) is 0 Å². The van der Waals surface area contributed by atoms with E-state index in [9.17, 15) is 9.60 Å². The molecular formula is C21H24ClFN6O. The zero-order valence-electron chi connectivity index (χ0n) is 17.1. The Labute approximate surface area is 179 Å². The van der Waals surface area contributed by atoms with Crippen molar-refractivity contribution < 1.29 is 9.60 Å². The van der Waals surface area contributed by atoms with Crippen LogP contribution < -0.4 is 5.32 Å².